The number of unbranched alkanes of at least 4 members (excludes halogenated alkanes) is 2. The van der Waals surface area contributed by atoms with Crippen LogP contribution in [-0.2, 0) is 16.6 Å². The van der Waals surface area contributed by atoms with Crippen LogP contribution in [0.2, 0.25) is 0 Å². The van der Waals surface area contributed by atoms with Gasteiger partial charge in [-0.2, -0.15) is 0 Å². The fourth-order valence-electron chi connectivity index (χ4n) is 1.52. The zero-order valence-electron chi connectivity index (χ0n) is 10.3. The molecule has 0 bridgehead atoms. The third-order valence-electron chi connectivity index (χ3n) is 2.54. The summed E-state index contributed by atoms with van der Waals surface area (Å²) in [5.41, 5.74) is 0.345. The van der Waals surface area contributed by atoms with Crippen LogP contribution < -0.4 is 4.72 Å². The van der Waals surface area contributed by atoms with Gasteiger partial charge in [0.15, 0.2) is 0 Å². The summed E-state index contributed by atoms with van der Waals surface area (Å²) in [6, 6.07) is 3.59. The predicted octanol–water partition coefficient (Wildman–Crippen LogP) is 1.79. The van der Waals surface area contributed by atoms with E-state index in [9.17, 15) is 12.8 Å². The van der Waals surface area contributed by atoms with Crippen LogP contribution in [0.1, 0.15) is 31.7 Å². The number of benzene rings is 1. The highest BCUT2D eigenvalue weighted by Crippen LogP contribution is 2.16. The van der Waals surface area contributed by atoms with Gasteiger partial charge in [-0.1, -0.05) is 25.8 Å². The number of nitrogens with one attached hydrogen (secondary N) is 1. The second-order valence-electron chi connectivity index (χ2n) is 4.03. The minimum atomic E-state index is -3.80. The molecule has 0 unspecified atom stereocenters. The number of rotatable bonds is 7. The van der Waals surface area contributed by atoms with Gasteiger partial charge in [-0.25, -0.2) is 17.5 Å². The standard InChI is InChI=1S/C12H18FNO3S/c1-2-3-4-7-14-18(16,17)12-6-5-10(9-15)8-11(12)13/h5-6,8,14-15H,2-4,7,9H2,1H3. The van der Waals surface area contributed by atoms with E-state index in [0.717, 1.165) is 25.3 Å². The van der Waals surface area contributed by atoms with Crippen LogP contribution in [0.4, 0.5) is 4.39 Å². The molecule has 0 spiro atoms. The number of sulfonamides is 1. The Morgan fingerprint density at radius 1 is 1.33 bits per heavy atom. The molecule has 1 aromatic carbocycles. The molecule has 1 aromatic rings. The van der Waals surface area contributed by atoms with Gasteiger partial charge in [-0.15, -0.1) is 0 Å². The summed E-state index contributed by atoms with van der Waals surface area (Å²) >= 11 is 0. The summed E-state index contributed by atoms with van der Waals surface area (Å²) in [5, 5.41) is 8.82. The lowest BCUT2D eigenvalue weighted by atomic mass is 10.2. The van der Waals surface area contributed by atoms with Crippen molar-refractivity contribution in [3.05, 3.63) is 29.6 Å². The Morgan fingerprint density at radius 3 is 2.61 bits per heavy atom. The predicted molar refractivity (Wildman–Crippen MR) is 67.0 cm³/mol. The first kappa shape index (κ1) is 15.1. The maximum atomic E-state index is 13.6. The highest BCUT2D eigenvalue weighted by molar-refractivity contribution is 7.89. The van der Waals surface area contributed by atoms with E-state index in [1.54, 1.807) is 0 Å². The van der Waals surface area contributed by atoms with Gasteiger partial charge in [0.05, 0.1) is 6.61 Å². The summed E-state index contributed by atoms with van der Waals surface area (Å²) < 4.78 is 39.5. The molecule has 6 heteroatoms. The molecule has 18 heavy (non-hydrogen) atoms. The van der Waals surface area contributed by atoms with Gasteiger partial charge in [0.2, 0.25) is 10.0 Å². The molecule has 4 nitrogen and oxygen atoms in total. The fraction of sp³-hybridized carbons (Fsp3) is 0.500. The monoisotopic (exact) mass is 275 g/mol. The first-order valence-electron chi connectivity index (χ1n) is 5.90. The van der Waals surface area contributed by atoms with Crippen LogP contribution in [0.3, 0.4) is 0 Å². The van der Waals surface area contributed by atoms with Crippen molar-refractivity contribution in [1.29, 1.82) is 0 Å². The van der Waals surface area contributed by atoms with Gasteiger partial charge in [0.1, 0.15) is 10.7 Å². The van der Waals surface area contributed by atoms with Crippen LogP contribution in [0, 0.1) is 5.82 Å². The summed E-state index contributed by atoms with van der Waals surface area (Å²) in [6.07, 6.45) is 2.64. The lowest BCUT2D eigenvalue weighted by Crippen LogP contribution is -2.25. The Morgan fingerprint density at radius 2 is 2.06 bits per heavy atom. The highest BCUT2D eigenvalue weighted by Gasteiger charge is 2.18. The van der Waals surface area contributed by atoms with Gasteiger partial charge >= 0.3 is 0 Å². The van der Waals surface area contributed by atoms with Crippen molar-refractivity contribution in [3.8, 4) is 0 Å². The fourth-order valence-corrected chi connectivity index (χ4v) is 2.65. The average Bonchev–Trinajstić information content (AvgIpc) is 2.34. The van der Waals surface area contributed by atoms with E-state index in [4.69, 9.17) is 5.11 Å². The van der Waals surface area contributed by atoms with Crippen LogP contribution in [-0.4, -0.2) is 20.1 Å². The van der Waals surface area contributed by atoms with Crippen molar-refractivity contribution in [3.63, 3.8) is 0 Å². The first-order chi connectivity index (χ1) is 8.51. The Balaban J connectivity index is 2.78. The minimum absolute atomic E-state index is 0.303. The van der Waals surface area contributed by atoms with Gasteiger partial charge < -0.3 is 5.11 Å². The minimum Gasteiger partial charge on any atom is -0.392 e. The molecule has 0 fully saturated rings. The van der Waals surface area contributed by atoms with Crippen molar-refractivity contribution in [2.75, 3.05) is 6.54 Å². The Bertz CT molecular complexity index is 488. The Kier molecular flexibility index (Phi) is 5.71. The van der Waals surface area contributed by atoms with E-state index in [1.807, 2.05) is 6.92 Å². The summed E-state index contributed by atoms with van der Waals surface area (Å²) in [4.78, 5) is -0.379. The molecule has 0 aliphatic heterocycles. The molecular weight excluding hydrogens is 257 g/mol. The molecular formula is C12H18FNO3S. The van der Waals surface area contributed by atoms with Gasteiger partial charge in [-0.3, -0.25) is 0 Å². The zero-order valence-corrected chi connectivity index (χ0v) is 11.1. The molecule has 0 aliphatic carbocycles. The van der Waals surface area contributed by atoms with E-state index in [1.165, 1.54) is 12.1 Å². The van der Waals surface area contributed by atoms with Gasteiger partial charge in [0, 0.05) is 6.54 Å². The van der Waals surface area contributed by atoms with Crippen LogP contribution >= 0.6 is 0 Å². The Hall–Kier alpha value is -0.980. The summed E-state index contributed by atoms with van der Waals surface area (Å²) in [6.45, 7) is 2.00. The van der Waals surface area contributed by atoms with E-state index in [0.29, 0.717) is 12.1 Å². The third-order valence-corrected chi connectivity index (χ3v) is 4.04. The molecule has 1 rings (SSSR count). The largest absolute Gasteiger partial charge is 0.392 e. The molecule has 0 aliphatic rings. The normalized spacial score (nSPS) is 11.7. The topological polar surface area (TPSA) is 66.4 Å². The maximum absolute atomic E-state index is 13.6. The van der Waals surface area contributed by atoms with Crippen molar-refractivity contribution in [1.82, 2.24) is 4.72 Å². The molecule has 0 saturated carbocycles. The molecule has 0 radical (unpaired) electrons. The van der Waals surface area contributed by atoms with E-state index in [-0.39, 0.29) is 11.5 Å². The number of halogens is 1. The van der Waals surface area contributed by atoms with Crippen LogP contribution in [0.25, 0.3) is 0 Å². The number of aliphatic hydroxyl groups excluding tert-OH is 1. The quantitative estimate of drug-likeness (QED) is 0.746. The van der Waals surface area contributed by atoms with E-state index < -0.39 is 15.8 Å². The maximum Gasteiger partial charge on any atom is 0.243 e. The number of aliphatic hydroxyl groups is 1. The molecule has 0 heterocycles. The highest BCUT2D eigenvalue weighted by atomic mass is 32.2. The molecule has 0 aromatic heterocycles. The lowest BCUT2D eigenvalue weighted by Gasteiger charge is -2.08. The van der Waals surface area contributed by atoms with Crippen molar-refractivity contribution in [2.45, 2.75) is 37.7 Å². The number of hydrogen-bond acceptors (Lipinski definition) is 3. The molecule has 0 atom stereocenters. The third kappa shape index (κ3) is 4.04. The second-order valence-corrected chi connectivity index (χ2v) is 5.76. The summed E-state index contributed by atoms with van der Waals surface area (Å²) in [7, 11) is -3.80. The van der Waals surface area contributed by atoms with Crippen LogP contribution in [0.5, 0.6) is 0 Å². The average molecular weight is 275 g/mol. The second kappa shape index (κ2) is 6.82. The number of hydrogen-bond donors (Lipinski definition) is 2. The molecule has 0 amide bonds. The zero-order chi connectivity index (χ0) is 13.6. The van der Waals surface area contributed by atoms with Crippen molar-refractivity contribution < 1.29 is 17.9 Å². The smallest absolute Gasteiger partial charge is 0.243 e. The molecule has 0 saturated heterocycles. The first-order valence-corrected chi connectivity index (χ1v) is 7.38. The van der Waals surface area contributed by atoms with E-state index >= 15 is 0 Å². The van der Waals surface area contributed by atoms with Gasteiger partial charge in [0.25, 0.3) is 0 Å². The SMILES string of the molecule is CCCCCNS(=O)(=O)c1ccc(CO)cc1F. The molecule has 2 N–H and O–H groups in total. The van der Waals surface area contributed by atoms with Gasteiger partial charge in [-0.05, 0) is 24.1 Å². The molecule has 102 valence electrons. The van der Waals surface area contributed by atoms with Crippen LogP contribution in [0.15, 0.2) is 23.1 Å². The van der Waals surface area contributed by atoms with Crippen molar-refractivity contribution >= 4 is 10.0 Å². The summed E-state index contributed by atoms with van der Waals surface area (Å²) in [5.74, 6) is -0.843. The Labute approximate surface area is 107 Å². The van der Waals surface area contributed by atoms with Crippen molar-refractivity contribution in [2.24, 2.45) is 0 Å². The van der Waals surface area contributed by atoms with E-state index in [2.05, 4.69) is 4.72 Å². The lowest BCUT2D eigenvalue weighted by molar-refractivity contribution is 0.281.